The van der Waals surface area contributed by atoms with E-state index in [9.17, 15) is 51.1 Å². The summed E-state index contributed by atoms with van der Waals surface area (Å²) in [5, 5.41) is 127. The number of hydrogen-bond donors (Lipinski definition) is 10. The molecule has 18 heteroatoms. The lowest BCUT2D eigenvalue weighted by Gasteiger charge is -2.74. The van der Waals surface area contributed by atoms with Crippen molar-refractivity contribution < 1.29 is 65.4 Å². The maximum absolute atomic E-state index is 16.6. The summed E-state index contributed by atoms with van der Waals surface area (Å²) in [4.78, 5) is 39.1. The molecule has 2 aromatic rings. The summed E-state index contributed by atoms with van der Waals surface area (Å²) >= 11 is 0. The number of aliphatic hydroxyl groups excluding tert-OH is 6. The number of imidazole rings is 1. The number of aryl methyl sites for hydroxylation is 1. The third-order valence-corrected chi connectivity index (χ3v) is 29.1. The standard InChI is InChI=1S/C65H91N3O13S2/c1-37(2)38(3)52-54(81-52)62(78)16-6-11-42-26-47-48-28-50(73)61(30-51(74)64(80,35-71)59(57(47,61)4)18-12-40(29-59)31-67-22-21-66-36-67)56(77)83-82-33-44-10-5-9-43(32-70)65(44)55(76)68(34-58(65)17-14-41(53(58)75)8-7-23-69)45-24-39(25-46(72)27-45)13-19-60(42)49(62)15-20-63(48,60)79/h6,11,21-22,24-25,27-28,36-38,40-44,47,49,51-54,56,69-72,74-75,77-80H,5,7-10,12-20,23,26,29-35H2,1-4H3/t38-,40-,41-,42-,43+,44-,47+,49+,51-,52+,53+,54-,56-,57+,58-,59+,60-,61+,62-,63-,64-,65+/m1/s1. The molecule has 456 valence electrons. The summed E-state index contributed by atoms with van der Waals surface area (Å²) in [6.07, 6.45) is 14.4. The number of ether oxygens (including phenoxy) is 1. The number of carbonyl (C=O) groups is 2. The molecule has 22 atom stereocenters. The van der Waals surface area contributed by atoms with E-state index in [2.05, 4.69) is 37.9 Å². The Labute approximate surface area is 496 Å². The molecular weight excluding hydrogens is 1090 g/mol. The largest absolute Gasteiger partial charge is 0.508 e. The van der Waals surface area contributed by atoms with Gasteiger partial charge >= 0.3 is 0 Å². The molecule has 0 radical (unpaired) electrons. The molecule has 1 aromatic heterocycles. The summed E-state index contributed by atoms with van der Waals surface area (Å²) in [6.45, 7) is 8.01. The van der Waals surface area contributed by atoms with Crippen molar-refractivity contribution in [2.45, 2.75) is 190 Å². The van der Waals surface area contributed by atoms with Gasteiger partial charge in [-0.05, 0) is 185 Å². The summed E-state index contributed by atoms with van der Waals surface area (Å²) < 4.78 is 8.60. The molecule has 6 saturated carbocycles. The zero-order chi connectivity index (χ0) is 58.7. The van der Waals surface area contributed by atoms with Crippen molar-refractivity contribution in [2.75, 3.05) is 37.0 Å². The lowest BCUT2D eigenvalue weighted by Crippen LogP contribution is -2.79. The Morgan fingerprint density at radius 1 is 0.940 bits per heavy atom. The molecule has 8 aliphatic carbocycles. The molecule has 6 heterocycles. The molecule has 1 amide bonds. The maximum Gasteiger partial charge on any atom is 0.234 e. The number of phenolic OH excluding ortho intramolecular Hbond substituents is 1. The van der Waals surface area contributed by atoms with Gasteiger partial charge in [-0.15, -0.1) is 0 Å². The van der Waals surface area contributed by atoms with Crippen LogP contribution in [0.4, 0.5) is 5.69 Å². The van der Waals surface area contributed by atoms with Crippen LogP contribution >= 0.6 is 21.6 Å². The number of phenols is 1. The van der Waals surface area contributed by atoms with Gasteiger partial charge in [-0.2, -0.15) is 0 Å². The second-order valence-corrected chi connectivity index (χ2v) is 31.6. The van der Waals surface area contributed by atoms with Crippen molar-refractivity contribution in [3.05, 3.63) is 66.3 Å². The van der Waals surface area contributed by atoms with Gasteiger partial charge in [0.2, 0.25) is 5.91 Å². The van der Waals surface area contributed by atoms with E-state index in [1.807, 2.05) is 23.8 Å². The predicted octanol–water partition coefficient (Wildman–Crippen LogP) is 6.50. The lowest BCUT2D eigenvalue weighted by molar-refractivity contribution is -0.310. The monoisotopic (exact) mass is 1190 g/mol. The first-order valence-corrected chi connectivity index (χ1v) is 34.0. The van der Waals surface area contributed by atoms with Crippen LogP contribution in [0, 0.1) is 85.8 Å². The van der Waals surface area contributed by atoms with Gasteiger partial charge in [0.1, 0.15) is 28.5 Å². The Kier molecular flexibility index (Phi) is 14.7. The van der Waals surface area contributed by atoms with Crippen molar-refractivity contribution in [2.24, 2.45) is 85.8 Å². The first-order chi connectivity index (χ1) is 39.6. The first-order valence-electron chi connectivity index (χ1n) is 31.6. The summed E-state index contributed by atoms with van der Waals surface area (Å²) in [5.74, 6) is -3.02. The van der Waals surface area contributed by atoms with Crippen LogP contribution in [-0.2, 0) is 27.3 Å². The van der Waals surface area contributed by atoms with E-state index >= 15 is 9.59 Å². The van der Waals surface area contributed by atoms with E-state index in [0.29, 0.717) is 113 Å². The van der Waals surface area contributed by atoms with E-state index in [1.165, 1.54) is 10.8 Å². The third kappa shape index (κ3) is 7.65. The summed E-state index contributed by atoms with van der Waals surface area (Å²) in [5.41, 5.74) is -13.3. The normalized spacial score (nSPS) is 48.5. The second kappa shape index (κ2) is 20.6. The minimum absolute atomic E-state index is 0.0387. The second-order valence-electron chi connectivity index (χ2n) is 29.1. The van der Waals surface area contributed by atoms with Crippen molar-refractivity contribution in [1.82, 2.24) is 9.55 Å². The fraction of sp³-hybridized carbons (Fsp3) is 0.769. The van der Waals surface area contributed by atoms with Gasteiger partial charge in [0.25, 0.3) is 0 Å². The number of aliphatic hydroxyl groups is 9. The van der Waals surface area contributed by atoms with Crippen molar-refractivity contribution in [3.8, 4) is 5.75 Å². The Balaban J connectivity index is 1.03. The minimum atomic E-state index is -2.15. The Morgan fingerprint density at radius 3 is 2.48 bits per heavy atom. The number of aromatic hydroxyl groups is 1. The smallest absolute Gasteiger partial charge is 0.234 e. The number of aromatic nitrogens is 2. The van der Waals surface area contributed by atoms with Gasteiger partial charge in [-0.25, -0.2) is 4.98 Å². The van der Waals surface area contributed by atoms with Crippen LogP contribution in [0.2, 0.25) is 0 Å². The van der Waals surface area contributed by atoms with Gasteiger partial charge in [-0.3, -0.25) is 9.59 Å². The van der Waals surface area contributed by atoms with E-state index in [0.717, 1.165) is 10.8 Å². The number of anilines is 1. The lowest BCUT2D eigenvalue weighted by atomic mass is 9.31. The molecule has 83 heavy (non-hydrogen) atoms. The highest BCUT2D eigenvalue weighted by Gasteiger charge is 2.84. The topological polar surface area (TPSA) is 270 Å². The fourth-order valence-electron chi connectivity index (χ4n) is 22.4. The molecule has 2 saturated heterocycles. The zero-order valence-corrected chi connectivity index (χ0v) is 50.5. The molecular formula is C65H91N3O13S2. The number of fused-ring (bicyclic) bond motifs is 1. The summed E-state index contributed by atoms with van der Waals surface area (Å²) in [6, 6.07) is 5.28. The van der Waals surface area contributed by atoms with Gasteiger partial charge in [0.05, 0.1) is 47.7 Å². The number of ketones is 1. The van der Waals surface area contributed by atoms with Crippen LogP contribution < -0.4 is 4.90 Å². The highest BCUT2D eigenvalue weighted by atomic mass is 33.1. The highest BCUT2D eigenvalue weighted by molar-refractivity contribution is 8.76. The number of allylic oxidation sites excluding steroid dienone is 2. The van der Waals surface area contributed by atoms with E-state index in [4.69, 9.17) is 4.74 Å². The molecule has 5 aliphatic heterocycles. The molecule has 0 unspecified atom stereocenters. The summed E-state index contributed by atoms with van der Waals surface area (Å²) in [7, 11) is 2.49. The molecule has 8 bridgehead atoms. The van der Waals surface area contributed by atoms with Gasteiger partial charge in [0, 0.05) is 78.4 Å². The minimum Gasteiger partial charge on any atom is -0.508 e. The number of amides is 1. The van der Waals surface area contributed by atoms with Crippen molar-refractivity contribution in [3.63, 3.8) is 0 Å². The van der Waals surface area contributed by atoms with Crippen LogP contribution in [-0.4, -0.2) is 151 Å². The molecule has 1 aromatic carbocycles. The number of epoxide rings is 1. The molecule has 10 N–H and O–H groups in total. The SMILES string of the molecule is CC(C)[C@@H](C)[C@@H]1O[C@H]1[C@@]1(O)CC=C[C@@H]2C[C@H]3C4=CC(=O)[C@@]5(C[C@@H](O)[C@](O)(CO)[C@]6(CC[C@@H](Cn7ccnc7)C6)[C@]35C)[C@H](O)SSC[C@H]3CCC[C@@H](CO)[C@@]35C(=O)N(C[C@@]53CC[C@@H](CCCO)[C@@H]3O)c3cc(O)cc(c3)CC[C@]23[C@@H]1CC[C@@]43O. The van der Waals surface area contributed by atoms with Crippen LogP contribution in [0.15, 0.2) is 60.7 Å². The quantitative estimate of drug-likeness (QED) is 0.0691. The number of nitrogens with zero attached hydrogens (tertiary/aromatic N) is 3. The van der Waals surface area contributed by atoms with E-state index in [-0.39, 0.29) is 86.9 Å². The van der Waals surface area contributed by atoms with Gasteiger partial charge < -0.3 is 65.3 Å². The molecule has 16 nitrogen and oxygen atoms in total. The molecule has 13 aliphatic rings. The fourth-order valence-corrected chi connectivity index (χ4v) is 25.4. The average Bonchev–Trinajstić information content (AvgIpc) is 1.86. The van der Waals surface area contributed by atoms with Crippen molar-refractivity contribution >= 4 is 39.0 Å². The average molecular weight is 1190 g/mol. The highest BCUT2D eigenvalue weighted by Crippen LogP contribution is 2.82. The molecule has 5 spiro atoms. The molecule has 8 fully saturated rings. The Bertz CT molecular complexity index is 2910. The van der Waals surface area contributed by atoms with Crippen LogP contribution in [0.5, 0.6) is 5.75 Å². The van der Waals surface area contributed by atoms with Crippen molar-refractivity contribution in [1.29, 1.82) is 0 Å². The van der Waals surface area contributed by atoms with Crippen LogP contribution in [0.3, 0.4) is 0 Å². The van der Waals surface area contributed by atoms with Gasteiger partial charge in [0.15, 0.2) is 5.78 Å². The number of benzene rings is 1. The van der Waals surface area contributed by atoms with E-state index in [1.54, 1.807) is 35.6 Å². The maximum atomic E-state index is 16.6. The number of rotatable bonds is 10. The number of hydrogen-bond acceptors (Lipinski definition) is 16. The van der Waals surface area contributed by atoms with Gasteiger partial charge in [-0.1, -0.05) is 67.9 Å². The van der Waals surface area contributed by atoms with Crippen LogP contribution in [0.1, 0.15) is 136 Å². The Morgan fingerprint density at radius 2 is 1.75 bits per heavy atom. The first kappa shape index (κ1) is 59.1. The third-order valence-electron chi connectivity index (χ3n) is 26.5. The zero-order valence-electron chi connectivity index (χ0n) is 48.9. The predicted molar refractivity (Wildman–Crippen MR) is 314 cm³/mol. The van der Waals surface area contributed by atoms with Crippen LogP contribution in [0.25, 0.3) is 0 Å². The molecule has 15 rings (SSSR count). The van der Waals surface area contributed by atoms with E-state index < -0.39 is 115 Å². The Hall–Kier alpha value is -2.85. The number of carbonyl (C=O) groups excluding carboxylic acids is 2.